The first kappa shape index (κ1) is 20.7. The van der Waals surface area contributed by atoms with Crippen molar-refractivity contribution in [3.05, 3.63) is 0 Å². The summed E-state index contributed by atoms with van der Waals surface area (Å²) in [6.45, 7) is 0.576. The first-order valence-corrected chi connectivity index (χ1v) is 6.09. The number of hydrogen-bond acceptors (Lipinski definition) is 10. The molecule has 22 heavy (non-hydrogen) atoms. The summed E-state index contributed by atoms with van der Waals surface area (Å²) in [5.74, 6) is -6.12. The van der Waals surface area contributed by atoms with Crippen LogP contribution < -0.4 is 0 Å². The molecule has 0 aromatic carbocycles. The molecular weight excluding hydrogens is 306 g/mol. The topological polar surface area (TPSA) is 188 Å². The van der Waals surface area contributed by atoms with Crippen molar-refractivity contribution >= 4 is 11.9 Å². The van der Waals surface area contributed by atoms with Crippen LogP contribution in [0.4, 0.5) is 0 Å². The van der Waals surface area contributed by atoms with Gasteiger partial charge < -0.3 is 45.4 Å². The van der Waals surface area contributed by atoms with Crippen LogP contribution >= 0.6 is 0 Å². The fourth-order valence-corrected chi connectivity index (χ4v) is 1.68. The maximum absolute atomic E-state index is 11.4. The Morgan fingerprint density at radius 3 is 1.91 bits per heavy atom. The van der Waals surface area contributed by atoms with Crippen molar-refractivity contribution in [3.63, 3.8) is 0 Å². The molecule has 7 N–H and O–H groups in total. The van der Waals surface area contributed by atoms with Crippen LogP contribution in [0.3, 0.4) is 0 Å². The SMILES string of the molecule is CC(=O)OC(O)(O)[C@](O)([C@@H](O)[C@@H](O)[C@@H](O)CO)N(C)C(C)=O. The lowest BCUT2D eigenvalue weighted by atomic mass is 9.94. The maximum atomic E-state index is 11.4. The zero-order valence-corrected chi connectivity index (χ0v) is 12.2. The lowest BCUT2D eigenvalue weighted by molar-refractivity contribution is -0.437. The molecule has 0 saturated heterocycles. The van der Waals surface area contributed by atoms with E-state index in [9.17, 15) is 40.2 Å². The Morgan fingerprint density at radius 2 is 1.59 bits per heavy atom. The number of aliphatic hydroxyl groups excluding tert-OH is 4. The number of hydrogen-bond donors (Lipinski definition) is 7. The molecule has 1 amide bonds. The number of nitrogens with zero attached hydrogens (tertiary/aromatic N) is 1. The minimum atomic E-state index is -3.82. The third kappa shape index (κ3) is 3.89. The van der Waals surface area contributed by atoms with Gasteiger partial charge in [0.05, 0.1) is 6.61 Å². The van der Waals surface area contributed by atoms with Gasteiger partial charge in [-0.05, 0) is 0 Å². The Balaban J connectivity index is 5.91. The maximum Gasteiger partial charge on any atom is 0.378 e. The molecule has 0 unspecified atom stereocenters. The second-order valence-corrected chi connectivity index (χ2v) is 4.69. The minimum absolute atomic E-state index is 0.188. The van der Waals surface area contributed by atoms with Crippen LogP contribution in [-0.4, -0.2) is 96.2 Å². The van der Waals surface area contributed by atoms with E-state index in [0.29, 0.717) is 0 Å². The van der Waals surface area contributed by atoms with Crippen LogP contribution in [0.5, 0.6) is 0 Å². The highest BCUT2D eigenvalue weighted by atomic mass is 16.8. The number of aliphatic hydroxyl groups is 7. The first-order chi connectivity index (χ1) is 9.82. The average Bonchev–Trinajstić information content (AvgIpc) is 2.41. The molecule has 0 saturated carbocycles. The van der Waals surface area contributed by atoms with Gasteiger partial charge in [-0.1, -0.05) is 0 Å². The number of rotatable bonds is 7. The lowest BCUT2D eigenvalue weighted by Gasteiger charge is -2.47. The quantitative estimate of drug-likeness (QED) is 0.177. The first-order valence-electron chi connectivity index (χ1n) is 6.09. The zero-order valence-electron chi connectivity index (χ0n) is 12.2. The van der Waals surface area contributed by atoms with Crippen LogP contribution in [0, 0.1) is 0 Å². The smallest absolute Gasteiger partial charge is 0.378 e. The zero-order chi connectivity index (χ0) is 17.9. The molecule has 11 nitrogen and oxygen atoms in total. The van der Waals surface area contributed by atoms with E-state index in [1.807, 2.05) is 0 Å². The summed E-state index contributed by atoms with van der Waals surface area (Å²) in [4.78, 5) is 22.5. The molecule has 0 aliphatic rings. The van der Waals surface area contributed by atoms with Gasteiger partial charge >= 0.3 is 11.9 Å². The van der Waals surface area contributed by atoms with E-state index in [-0.39, 0.29) is 4.90 Å². The predicted octanol–water partition coefficient (Wildman–Crippen LogP) is -4.57. The van der Waals surface area contributed by atoms with E-state index >= 15 is 0 Å². The molecule has 0 fully saturated rings. The number of carbonyl (C=O) groups excluding carboxylic acids is 2. The molecular formula is C11H21NO10. The summed E-state index contributed by atoms with van der Waals surface area (Å²) in [7, 11) is 0.814. The average molecular weight is 327 g/mol. The summed E-state index contributed by atoms with van der Waals surface area (Å²) in [6.07, 6.45) is -6.93. The summed E-state index contributed by atoms with van der Waals surface area (Å²) in [5.41, 5.74) is -3.44. The van der Waals surface area contributed by atoms with Crippen molar-refractivity contribution in [2.24, 2.45) is 0 Å². The van der Waals surface area contributed by atoms with Gasteiger partial charge in [0.2, 0.25) is 5.91 Å². The van der Waals surface area contributed by atoms with Crippen molar-refractivity contribution in [2.45, 2.75) is 43.9 Å². The number of ether oxygens (including phenoxy) is 1. The second-order valence-electron chi connectivity index (χ2n) is 4.69. The van der Waals surface area contributed by atoms with Crippen molar-refractivity contribution in [1.82, 2.24) is 4.90 Å². The summed E-state index contributed by atoms with van der Waals surface area (Å²) in [5, 5.41) is 67.4. The Kier molecular flexibility index (Phi) is 6.84. The van der Waals surface area contributed by atoms with Gasteiger partial charge in [0.15, 0.2) is 0 Å². The molecule has 0 rings (SSSR count). The lowest BCUT2D eigenvalue weighted by Crippen LogP contribution is -2.74. The van der Waals surface area contributed by atoms with Gasteiger partial charge in [0.25, 0.3) is 5.72 Å². The molecule has 0 radical (unpaired) electrons. The number of amides is 1. The molecule has 11 heteroatoms. The molecule has 0 spiro atoms. The van der Waals surface area contributed by atoms with Crippen LogP contribution in [-0.2, 0) is 14.3 Å². The highest BCUT2D eigenvalue weighted by molar-refractivity contribution is 5.74. The third-order valence-electron chi connectivity index (χ3n) is 3.07. The molecule has 0 aliphatic heterocycles. The minimum Gasteiger partial charge on any atom is -0.404 e. The van der Waals surface area contributed by atoms with Gasteiger partial charge in [-0.15, -0.1) is 0 Å². The molecule has 0 aliphatic carbocycles. The Morgan fingerprint density at radius 1 is 1.14 bits per heavy atom. The van der Waals surface area contributed by atoms with E-state index in [2.05, 4.69) is 4.74 Å². The number of likely N-dealkylation sites (N-methyl/N-ethyl adjacent to an activating group) is 1. The standard InChI is InChI=1S/C11H21NO10/c1-5(14)12(3)10(19,11(20,21)22-6(2)15)9(18)8(17)7(16)4-13/h7-9,13,16-21H,4H2,1-3H3/t7-,8-,9-,10+/m0/s1. The second kappa shape index (κ2) is 7.28. The Labute approximate surface area is 125 Å². The third-order valence-corrected chi connectivity index (χ3v) is 3.07. The van der Waals surface area contributed by atoms with E-state index in [4.69, 9.17) is 5.11 Å². The van der Waals surface area contributed by atoms with Crippen molar-refractivity contribution < 1.29 is 50.1 Å². The summed E-state index contributed by atoms with van der Waals surface area (Å²) >= 11 is 0. The summed E-state index contributed by atoms with van der Waals surface area (Å²) in [6, 6.07) is 0. The van der Waals surface area contributed by atoms with Gasteiger partial charge in [-0.2, -0.15) is 0 Å². The van der Waals surface area contributed by atoms with Gasteiger partial charge in [-0.3, -0.25) is 9.59 Å². The van der Waals surface area contributed by atoms with Gasteiger partial charge in [0, 0.05) is 20.9 Å². The highest BCUT2D eigenvalue weighted by Gasteiger charge is 2.63. The molecule has 130 valence electrons. The Hall–Kier alpha value is -1.34. The fourth-order valence-electron chi connectivity index (χ4n) is 1.68. The molecule has 0 aromatic heterocycles. The van der Waals surface area contributed by atoms with Crippen molar-refractivity contribution in [3.8, 4) is 0 Å². The summed E-state index contributed by atoms with van der Waals surface area (Å²) < 4.78 is 4.07. The highest BCUT2D eigenvalue weighted by Crippen LogP contribution is 2.31. The van der Waals surface area contributed by atoms with E-state index in [1.165, 1.54) is 0 Å². The van der Waals surface area contributed by atoms with E-state index < -0.39 is 48.5 Å². The predicted molar refractivity (Wildman–Crippen MR) is 67.4 cm³/mol. The molecule has 0 aromatic rings. The van der Waals surface area contributed by atoms with Crippen molar-refractivity contribution in [2.75, 3.05) is 13.7 Å². The van der Waals surface area contributed by atoms with Gasteiger partial charge in [-0.25, -0.2) is 0 Å². The largest absolute Gasteiger partial charge is 0.404 e. The van der Waals surface area contributed by atoms with Crippen molar-refractivity contribution in [1.29, 1.82) is 0 Å². The molecule has 0 bridgehead atoms. The molecule has 4 atom stereocenters. The Bertz CT molecular complexity index is 414. The fraction of sp³-hybridized carbons (Fsp3) is 0.818. The number of esters is 1. The van der Waals surface area contributed by atoms with Gasteiger partial charge in [0.1, 0.15) is 18.3 Å². The normalized spacial score (nSPS) is 18.8. The van der Waals surface area contributed by atoms with Crippen LogP contribution in [0.15, 0.2) is 0 Å². The van der Waals surface area contributed by atoms with Crippen LogP contribution in [0.1, 0.15) is 13.8 Å². The van der Waals surface area contributed by atoms with Crippen LogP contribution in [0.25, 0.3) is 0 Å². The monoisotopic (exact) mass is 327 g/mol. The molecule has 0 heterocycles. The van der Waals surface area contributed by atoms with E-state index in [1.54, 1.807) is 0 Å². The van der Waals surface area contributed by atoms with E-state index in [0.717, 1.165) is 20.9 Å². The number of carbonyl (C=O) groups is 2. The van der Waals surface area contributed by atoms with Crippen LogP contribution in [0.2, 0.25) is 0 Å².